The van der Waals surface area contributed by atoms with E-state index in [1.54, 1.807) is 48.5 Å². The lowest BCUT2D eigenvalue weighted by molar-refractivity contribution is -0.384. The molecule has 1 saturated heterocycles. The van der Waals surface area contributed by atoms with Crippen molar-refractivity contribution in [2.24, 2.45) is 0 Å². The molecule has 9 nitrogen and oxygen atoms in total. The van der Waals surface area contributed by atoms with E-state index in [9.17, 15) is 24.8 Å². The Kier molecular flexibility index (Phi) is 5.21. The molecule has 1 atom stereocenters. The molecule has 170 valence electrons. The number of Topliss-reactive ketones (excluding diaryl/α,β-unsaturated/α-hetero) is 1. The number of amides is 1. The van der Waals surface area contributed by atoms with E-state index < -0.39 is 28.4 Å². The highest BCUT2D eigenvalue weighted by molar-refractivity contribution is 6.51. The average molecular weight is 458 g/mol. The second-order valence-corrected chi connectivity index (χ2v) is 7.72. The molecule has 2 aliphatic heterocycles. The number of carbonyl (C=O) groups is 2. The minimum Gasteiger partial charge on any atom is -0.507 e. The summed E-state index contributed by atoms with van der Waals surface area (Å²) in [5.41, 5.74) is 0.630. The van der Waals surface area contributed by atoms with E-state index in [2.05, 4.69) is 0 Å². The van der Waals surface area contributed by atoms with Crippen LogP contribution in [0.15, 0.2) is 78.4 Å². The first kappa shape index (κ1) is 21.2. The van der Waals surface area contributed by atoms with Crippen molar-refractivity contribution in [1.29, 1.82) is 0 Å². The zero-order chi connectivity index (χ0) is 23.8. The van der Waals surface area contributed by atoms with Crippen LogP contribution in [0.1, 0.15) is 17.2 Å². The Labute approximate surface area is 193 Å². The first-order valence-corrected chi connectivity index (χ1v) is 10.5. The molecule has 0 spiro atoms. The predicted molar refractivity (Wildman–Crippen MR) is 122 cm³/mol. The molecular weight excluding hydrogens is 440 g/mol. The third-order valence-corrected chi connectivity index (χ3v) is 5.69. The third kappa shape index (κ3) is 3.53. The molecule has 1 amide bonds. The van der Waals surface area contributed by atoms with Gasteiger partial charge in [0, 0.05) is 29.4 Å². The minimum atomic E-state index is -0.956. The number of ether oxygens (including phenoxy) is 2. The maximum absolute atomic E-state index is 13.2. The molecule has 9 heteroatoms. The monoisotopic (exact) mass is 458 g/mol. The molecule has 0 aromatic heterocycles. The van der Waals surface area contributed by atoms with Crippen LogP contribution in [0.3, 0.4) is 0 Å². The normalized spacial score (nSPS) is 18.7. The molecule has 0 bridgehead atoms. The fraction of sp³-hybridized carbons (Fsp3) is 0.120. The first-order valence-electron chi connectivity index (χ1n) is 10.5. The van der Waals surface area contributed by atoms with Crippen molar-refractivity contribution in [2.75, 3.05) is 18.1 Å². The third-order valence-electron chi connectivity index (χ3n) is 5.69. The van der Waals surface area contributed by atoms with Crippen LogP contribution in [-0.4, -0.2) is 34.9 Å². The molecular formula is C25H18N2O7. The topological polar surface area (TPSA) is 119 Å². The summed E-state index contributed by atoms with van der Waals surface area (Å²) in [6.45, 7) is 0.758. The van der Waals surface area contributed by atoms with E-state index >= 15 is 0 Å². The van der Waals surface area contributed by atoms with Gasteiger partial charge in [0.15, 0.2) is 11.5 Å². The molecule has 0 radical (unpaired) electrons. The number of fused-ring (bicyclic) bond motifs is 1. The molecule has 0 saturated carbocycles. The maximum atomic E-state index is 13.2. The number of hydrogen-bond acceptors (Lipinski definition) is 7. The molecule has 0 aliphatic carbocycles. The van der Waals surface area contributed by atoms with Gasteiger partial charge in [0.25, 0.3) is 17.4 Å². The van der Waals surface area contributed by atoms with Crippen LogP contribution in [0.4, 0.5) is 11.4 Å². The van der Waals surface area contributed by atoms with Crippen LogP contribution in [0.2, 0.25) is 0 Å². The summed E-state index contributed by atoms with van der Waals surface area (Å²) in [4.78, 5) is 38.3. The van der Waals surface area contributed by atoms with Gasteiger partial charge in [-0.2, -0.15) is 0 Å². The number of benzene rings is 3. The smallest absolute Gasteiger partial charge is 0.300 e. The van der Waals surface area contributed by atoms with E-state index in [-0.39, 0.29) is 16.8 Å². The Hall–Kier alpha value is -4.66. The molecule has 34 heavy (non-hydrogen) atoms. The van der Waals surface area contributed by atoms with Gasteiger partial charge in [-0.15, -0.1) is 0 Å². The number of ketones is 1. The fourth-order valence-electron chi connectivity index (χ4n) is 4.15. The highest BCUT2D eigenvalue weighted by Gasteiger charge is 2.47. The quantitative estimate of drug-likeness (QED) is 0.206. The number of hydrogen-bond donors (Lipinski definition) is 1. The van der Waals surface area contributed by atoms with Crippen molar-refractivity contribution in [1.82, 2.24) is 0 Å². The zero-order valence-electron chi connectivity index (χ0n) is 17.7. The zero-order valence-corrected chi connectivity index (χ0v) is 17.7. The van der Waals surface area contributed by atoms with Crippen LogP contribution in [0.25, 0.3) is 5.76 Å². The first-order chi connectivity index (χ1) is 16.5. The van der Waals surface area contributed by atoms with E-state index in [0.717, 1.165) is 6.07 Å². The highest BCUT2D eigenvalue weighted by atomic mass is 16.6. The number of nitro groups is 1. The summed E-state index contributed by atoms with van der Waals surface area (Å²) in [5.74, 6) is -1.25. The average Bonchev–Trinajstić information content (AvgIpc) is 3.14. The summed E-state index contributed by atoms with van der Waals surface area (Å²) in [6.07, 6.45) is 0. The molecule has 5 rings (SSSR count). The number of carbonyl (C=O) groups excluding carboxylic acids is 2. The number of aliphatic hydroxyl groups excluding tert-OH is 1. The Bertz CT molecular complexity index is 1350. The lowest BCUT2D eigenvalue weighted by atomic mass is 9.95. The van der Waals surface area contributed by atoms with Crippen molar-refractivity contribution >= 4 is 28.8 Å². The summed E-state index contributed by atoms with van der Waals surface area (Å²) in [7, 11) is 0. The lowest BCUT2D eigenvalue weighted by Crippen LogP contribution is -2.29. The van der Waals surface area contributed by atoms with Gasteiger partial charge in [-0.1, -0.05) is 42.5 Å². The largest absolute Gasteiger partial charge is 0.507 e. The summed E-state index contributed by atoms with van der Waals surface area (Å²) in [6, 6.07) is 18.0. The van der Waals surface area contributed by atoms with Crippen molar-refractivity contribution in [3.05, 3.63) is 99.6 Å². The van der Waals surface area contributed by atoms with Gasteiger partial charge < -0.3 is 14.6 Å². The Morgan fingerprint density at radius 1 is 0.941 bits per heavy atom. The maximum Gasteiger partial charge on any atom is 0.300 e. The summed E-state index contributed by atoms with van der Waals surface area (Å²) >= 11 is 0. The summed E-state index contributed by atoms with van der Waals surface area (Å²) < 4.78 is 11.2. The van der Waals surface area contributed by atoms with E-state index in [4.69, 9.17) is 9.47 Å². The molecule has 3 aromatic carbocycles. The number of aliphatic hydroxyl groups is 1. The van der Waals surface area contributed by atoms with Gasteiger partial charge in [0.2, 0.25) is 0 Å². The Morgan fingerprint density at radius 3 is 2.41 bits per heavy atom. The van der Waals surface area contributed by atoms with Gasteiger partial charge in [-0.05, 0) is 17.7 Å². The van der Waals surface area contributed by atoms with Crippen LogP contribution in [-0.2, 0) is 9.59 Å². The van der Waals surface area contributed by atoms with Crippen molar-refractivity contribution < 1.29 is 29.1 Å². The number of anilines is 1. The molecule has 2 aliphatic rings. The number of nitro benzene ring substituents is 1. The van der Waals surface area contributed by atoms with Gasteiger partial charge in [-0.25, -0.2) is 0 Å². The van der Waals surface area contributed by atoms with Crippen molar-refractivity contribution in [2.45, 2.75) is 6.04 Å². The van der Waals surface area contributed by atoms with Gasteiger partial charge >= 0.3 is 0 Å². The molecule has 1 fully saturated rings. The van der Waals surface area contributed by atoms with Crippen LogP contribution < -0.4 is 14.4 Å². The Morgan fingerprint density at radius 2 is 1.68 bits per heavy atom. The fourth-order valence-corrected chi connectivity index (χ4v) is 4.15. The van der Waals surface area contributed by atoms with E-state index in [0.29, 0.717) is 36.0 Å². The van der Waals surface area contributed by atoms with Crippen LogP contribution >= 0.6 is 0 Å². The van der Waals surface area contributed by atoms with Crippen molar-refractivity contribution in [3.63, 3.8) is 0 Å². The van der Waals surface area contributed by atoms with E-state index in [1.165, 1.54) is 23.1 Å². The van der Waals surface area contributed by atoms with E-state index in [1.807, 2.05) is 0 Å². The molecule has 1 N–H and O–H groups in total. The minimum absolute atomic E-state index is 0.0651. The highest BCUT2D eigenvalue weighted by Crippen LogP contribution is 2.44. The number of non-ortho nitro benzene ring substituents is 1. The molecule has 2 heterocycles. The lowest BCUT2D eigenvalue weighted by Gasteiger charge is -2.27. The van der Waals surface area contributed by atoms with Gasteiger partial charge in [0.1, 0.15) is 19.0 Å². The number of nitrogens with zero attached hydrogens (tertiary/aromatic N) is 2. The van der Waals surface area contributed by atoms with Gasteiger partial charge in [-0.3, -0.25) is 24.6 Å². The SMILES string of the molecule is O=C1C(=O)N(c2ccc3c(c2)OCCO3)C(c2ccccc2)/C1=C(\O)c1cccc([N+](=O)[O-])c1. The molecule has 1 unspecified atom stereocenters. The second-order valence-electron chi connectivity index (χ2n) is 7.72. The van der Waals surface area contributed by atoms with Crippen molar-refractivity contribution in [3.8, 4) is 11.5 Å². The van der Waals surface area contributed by atoms with Crippen LogP contribution in [0.5, 0.6) is 11.5 Å². The molecule has 3 aromatic rings. The second kappa shape index (κ2) is 8.36. The van der Waals surface area contributed by atoms with Gasteiger partial charge in [0.05, 0.1) is 16.5 Å². The predicted octanol–water partition coefficient (Wildman–Crippen LogP) is 3.99. The number of rotatable bonds is 4. The Balaban J connectivity index is 1.69. The summed E-state index contributed by atoms with van der Waals surface area (Å²) in [5, 5.41) is 22.3. The standard InChI is InChI=1S/C25H18N2O7/c28-23(16-7-4-8-18(13-16)27(31)32)21-22(15-5-2-1-3-6-15)26(25(30)24(21)29)17-9-10-19-20(14-17)34-12-11-33-19/h1-10,13-14,22,28H,11-12H2/b23-21+. The van der Waals surface area contributed by atoms with Crippen LogP contribution in [0, 0.1) is 10.1 Å².